The highest BCUT2D eigenvalue weighted by molar-refractivity contribution is 9.09. The highest BCUT2D eigenvalue weighted by Crippen LogP contribution is 2.33. The molecule has 0 aliphatic heterocycles. The summed E-state index contributed by atoms with van der Waals surface area (Å²) < 4.78 is 19.2. The molecule has 4 heteroatoms. The molecular weight excluding hydrogens is 335 g/mol. The molecule has 0 saturated heterocycles. The molecule has 0 heterocycles. The van der Waals surface area contributed by atoms with Crippen LogP contribution in [0.4, 0.5) is 4.39 Å². The maximum absolute atomic E-state index is 13.3. The van der Waals surface area contributed by atoms with Gasteiger partial charge in [0.25, 0.3) is 0 Å². The summed E-state index contributed by atoms with van der Waals surface area (Å²) in [7, 11) is 0. The largest absolute Gasteiger partial charge is 0.492 e. The second-order valence-corrected chi connectivity index (χ2v) is 6.18. The van der Waals surface area contributed by atoms with E-state index in [9.17, 15) is 9.18 Å². The summed E-state index contributed by atoms with van der Waals surface area (Å²) in [6, 6.07) is 4.12. The molecule has 0 radical (unpaired) electrons. The first-order chi connectivity index (χ1) is 9.98. The van der Waals surface area contributed by atoms with Crippen molar-refractivity contribution >= 4 is 21.7 Å². The number of Topliss-reactive ketones (excluding diaryl/α,β-unsaturated/α-hetero) is 1. The van der Waals surface area contributed by atoms with Crippen molar-refractivity contribution < 1.29 is 13.9 Å². The number of carbonyl (C=O) groups excluding carboxylic acids is 1. The first kappa shape index (κ1) is 18.1. The Kier molecular flexibility index (Phi) is 7.36. The van der Waals surface area contributed by atoms with E-state index in [4.69, 9.17) is 4.74 Å². The van der Waals surface area contributed by atoms with Crippen LogP contribution in [0.1, 0.15) is 56.8 Å². The van der Waals surface area contributed by atoms with Gasteiger partial charge in [-0.25, -0.2) is 4.39 Å². The normalized spacial score (nSPS) is 11.5. The Morgan fingerprint density at radius 2 is 1.90 bits per heavy atom. The van der Waals surface area contributed by atoms with Gasteiger partial charge in [0.1, 0.15) is 11.6 Å². The number of ketones is 1. The van der Waals surface area contributed by atoms with Crippen LogP contribution >= 0.6 is 15.9 Å². The van der Waals surface area contributed by atoms with E-state index in [2.05, 4.69) is 29.8 Å². The lowest BCUT2D eigenvalue weighted by Gasteiger charge is -2.31. The Morgan fingerprint density at radius 1 is 1.29 bits per heavy atom. The van der Waals surface area contributed by atoms with E-state index in [0.717, 1.165) is 31.0 Å². The molecule has 1 aromatic carbocycles. The molecule has 0 saturated carbocycles. The van der Waals surface area contributed by atoms with Crippen LogP contribution in [-0.2, 0) is 0 Å². The van der Waals surface area contributed by atoms with Crippen LogP contribution in [0.15, 0.2) is 18.2 Å². The minimum absolute atomic E-state index is 0.0615. The van der Waals surface area contributed by atoms with Gasteiger partial charge in [-0.05, 0) is 38.0 Å². The summed E-state index contributed by atoms with van der Waals surface area (Å²) in [5.41, 5.74) is 0.373. The Morgan fingerprint density at radius 3 is 2.38 bits per heavy atom. The van der Waals surface area contributed by atoms with Crippen LogP contribution in [0.3, 0.4) is 0 Å². The summed E-state index contributed by atoms with van der Waals surface area (Å²) in [4.78, 5) is 11.6. The van der Waals surface area contributed by atoms with Crippen molar-refractivity contribution in [1.82, 2.24) is 0 Å². The summed E-state index contributed by atoms with van der Waals surface area (Å²) in [6.07, 6.45) is 4.28. The minimum Gasteiger partial charge on any atom is -0.492 e. The molecule has 0 aliphatic carbocycles. The van der Waals surface area contributed by atoms with E-state index in [1.165, 1.54) is 19.1 Å². The van der Waals surface area contributed by atoms with Crippen molar-refractivity contribution in [1.29, 1.82) is 0 Å². The monoisotopic (exact) mass is 358 g/mol. The second-order valence-electron chi connectivity index (χ2n) is 5.62. The van der Waals surface area contributed by atoms with Crippen LogP contribution in [0.25, 0.3) is 0 Å². The molecule has 1 aromatic rings. The smallest absolute Gasteiger partial charge is 0.163 e. The van der Waals surface area contributed by atoms with Crippen molar-refractivity contribution in [3.63, 3.8) is 0 Å². The number of alkyl halides is 1. The summed E-state index contributed by atoms with van der Waals surface area (Å²) in [6.45, 7) is 6.28. The molecule has 118 valence electrons. The van der Waals surface area contributed by atoms with E-state index in [1.807, 2.05) is 0 Å². The van der Waals surface area contributed by atoms with Crippen molar-refractivity contribution in [3.8, 4) is 5.75 Å². The zero-order chi connectivity index (χ0) is 15.9. The Hall–Kier alpha value is -0.900. The number of benzene rings is 1. The molecule has 0 aliphatic rings. The van der Waals surface area contributed by atoms with Crippen LogP contribution in [0, 0.1) is 11.2 Å². The molecule has 0 amide bonds. The predicted molar refractivity (Wildman–Crippen MR) is 87.9 cm³/mol. The first-order valence-electron chi connectivity index (χ1n) is 7.47. The predicted octanol–water partition coefficient (Wildman–Crippen LogP) is 5.39. The number of hydrogen-bond acceptors (Lipinski definition) is 2. The Labute approximate surface area is 135 Å². The molecule has 1 rings (SSSR count). The molecule has 2 nitrogen and oxygen atoms in total. The lowest BCUT2D eigenvalue weighted by molar-refractivity contribution is 0.100. The van der Waals surface area contributed by atoms with Crippen molar-refractivity contribution in [3.05, 3.63) is 29.6 Å². The van der Waals surface area contributed by atoms with E-state index in [0.29, 0.717) is 17.9 Å². The summed E-state index contributed by atoms with van der Waals surface area (Å²) >= 11 is 3.60. The second kappa shape index (κ2) is 8.52. The number of hydrogen-bond donors (Lipinski definition) is 0. The number of halogens is 2. The third-order valence-corrected chi connectivity index (χ3v) is 4.89. The van der Waals surface area contributed by atoms with Gasteiger partial charge in [-0.3, -0.25) is 4.79 Å². The van der Waals surface area contributed by atoms with Gasteiger partial charge in [-0.1, -0.05) is 42.6 Å². The summed E-state index contributed by atoms with van der Waals surface area (Å²) in [5.74, 6) is -0.122. The molecule has 0 spiro atoms. The summed E-state index contributed by atoms with van der Waals surface area (Å²) in [5, 5.41) is 0.859. The highest BCUT2D eigenvalue weighted by atomic mass is 79.9. The number of rotatable bonds is 9. The average molecular weight is 359 g/mol. The highest BCUT2D eigenvalue weighted by Gasteiger charge is 2.28. The van der Waals surface area contributed by atoms with Crippen molar-refractivity contribution in [2.24, 2.45) is 5.41 Å². The lowest BCUT2D eigenvalue weighted by Crippen LogP contribution is -2.30. The quantitative estimate of drug-likeness (QED) is 0.437. The van der Waals surface area contributed by atoms with Gasteiger partial charge in [-0.2, -0.15) is 0 Å². The molecule has 0 N–H and O–H groups in total. The Bertz CT molecular complexity index is 468. The van der Waals surface area contributed by atoms with Gasteiger partial charge in [0.05, 0.1) is 12.2 Å². The van der Waals surface area contributed by atoms with E-state index in [-0.39, 0.29) is 11.2 Å². The maximum atomic E-state index is 13.3. The topological polar surface area (TPSA) is 26.3 Å². The molecule has 0 atom stereocenters. The van der Waals surface area contributed by atoms with Crippen LogP contribution in [0.2, 0.25) is 0 Å². The fraction of sp³-hybridized carbons (Fsp3) is 0.588. The standard InChI is InChI=1S/C17H24BrFO2/c1-4-8-17(11-18,9-5-2)12-21-16-7-6-14(19)10-15(16)13(3)20/h6-7,10H,4-5,8-9,11-12H2,1-3H3. The third kappa shape index (κ3) is 5.10. The van der Waals surface area contributed by atoms with Gasteiger partial charge in [0.15, 0.2) is 5.78 Å². The number of carbonyl (C=O) groups is 1. The van der Waals surface area contributed by atoms with Crippen LogP contribution in [-0.4, -0.2) is 17.7 Å². The minimum atomic E-state index is -0.415. The lowest BCUT2D eigenvalue weighted by atomic mass is 9.82. The molecule has 0 fully saturated rings. The molecule has 0 unspecified atom stereocenters. The molecule has 21 heavy (non-hydrogen) atoms. The maximum Gasteiger partial charge on any atom is 0.163 e. The van der Waals surface area contributed by atoms with Crippen LogP contribution in [0.5, 0.6) is 5.75 Å². The zero-order valence-electron chi connectivity index (χ0n) is 13.0. The van der Waals surface area contributed by atoms with E-state index >= 15 is 0 Å². The van der Waals surface area contributed by atoms with Crippen molar-refractivity contribution in [2.75, 3.05) is 11.9 Å². The molecular formula is C17H24BrFO2. The van der Waals surface area contributed by atoms with Gasteiger partial charge in [0, 0.05) is 10.7 Å². The van der Waals surface area contributed by atoms with Crippen molar-refractivity contribution in [2.45, 2.75) is 46.5 Å². The SMILES string of the molecule is CCCC(CBr)(CCC)COc1ccc(F)cc1C(C)=O. The van der Waals surface area contributed by atoms with Gasteiger partial charge in [0.2, 0.25) is 0 Å². The number of ether oxygens (including phenoxy) is 1. The third-order valence-electron chi connectivity index (χ3n) is 3.70. The average Bonchev–Trinajstić information content (AvgIpc) is 2.46. The molecule has 0 aromatic heterocycles. The Balaban J connectivity index is 2.92. The van der Waals surface area contributed by atoms with Crippen LogP contribution < -0.4 is 4.74 Å². The van der Waals surface area contributed by atoms with Gasteiger partial charge in [-0.15, -0.1) is 0 Å². The van der Waals surface area contributed by atoms with E-state index < -0.39 is 5.82 Å². The van der Waals surface area contributed by atoms with Gasteiger partial charge >= 0.3 is 0 Å². The first-order valence-corrected chi connectivity index (χ1v) is 8.59. The zero-order valence-corrected chi connectivity index (χ0v) is 14.6. The van der Waals surface area contributed by atoms with Gasteiger partial charge < -0.3 is 4.74 Å². The fourth-order valence-corrected chi connectivity index (χ4v) is 3.36. The fourth-order valence-electron chi connectivity index (χ4n) is 2.64. The van der Waals surface area contributed by atoms with E-state index in [1.54, 1.807) is 6.07 Å². The molecule has 0 bridgehead atoms.